The minimum Gasteiger partial charge on any atom is -0.481 e. The molecular formula is C27H26Cl2FN5O3. The van der Waals surface area contributed by atoms with E-state index >= 15 is 4.39 Å². The first-order chi connectivity index (χ1) is 18.4. The Balaban J connectivity index is 1.42. The Bertz CT molecular complexity index is 1480. The number of likely N-dealkylation sites (N-methyl/N-ethyl adjacent to an activating group) is 1. The number of pyridine rings is 2. The lowest BCUT2D eigenvalue weighted by atomic mass is 9.95. The van der Waals surface area contributed by atoms with E-state index in [1.54, 1.807) is 36.3 Å². The maximum atomic E-state index is 15.2. The van der Waals surface area contributed by atoms with Gasteiger partial charge in [0.25, 0.3) is 5.91 Å². The number of aromatic nitrogens is 3. The molecule has 0 saturated carbocycles. The fourth-order valence-corrected chi connectivity index (χ4v) is 5.01. The first-order valence-electron chi connectivity index (χ1n) is 12.1. The van der Waals surface area contributed by atoms with Crippen molar-refractivity contribution in [2.24, 2.45) is 0 Å². The highest BCUT2D eigenvalue weighted by atomic mass is 35.5. The Labute approximate surface area is 229 Å². The van der Waals surface area contributed by atoms with E-state index in [4.69, 9.17) is 37.7 Å². The average molecular weight is 558 g/mol. The van der Waals surface area contributed by atoms with Gasteiger partial charge in [-0.15, -0.1) is 0 Å². The van der Waals surface area contributed by atoms with Crippen molar-refractivity contribution in [2.75, 3.05) is 45.4 Å². The molecular weight excluding hydrogens is 532 g/mol. The number of nitrogens with zero attached hydrogens (tertiary/aromatic N) is 5. The normalized spacial score (nSPS) is 15.0. The first kappa shape index (κ1) is 26.2. The molecule has 0 fully saturated rings. The third-order valence-electron chi connectivity index (χ3n) is 6.55. The van der Waals surface area contributed by atoms with Crippen LogP contribution in [0.2, 0.25) is 10.2 Å². The van der Waals surface area contributed by atoms with E-state index in [9.17, 15) is 4.79 Å². The standard InChI is InChI=1S/C27H26Cl2FN5O3/c1-33(13-14-37-2)22-9-8-21(27(29)32-22)38-16-24(36)35-12-10-20-26(34-11-4-3-5-23(34)31-20)25(35)18-7-6-17(28)15-19(18)30/h3-9,11,15,25H,10,12-14,16H2,1-2H3. The van der Waals surface area contributed by atoms with Crippen LogP contribution in [0.15, 0.2) is 54.7 Å². The molecule has 38 heavy (non-hydrogen) atoms. The maximum Gasteiger partial charge on any atom is 0.261 e. The molecule has 0 aliphatic carbocycles. The topological polar surface area (TPSA) is 72.2 Å². The van der Waals surface area contributed by atoms with E-state index in [1.165, 1.54) is 6.07 Å². The van der Waals surface area contributed by atoms with E-state index in [0.29, 0.717) is 37.5 Å². The summed E-state index contributed by atoms with van der Waals surface area (Å²) in [6.07, 6.45) is 2.39. The summed E-state index contributed by atoms with van der Waals surface area (Å²) >= 11 is 12.4. The van der Waals surface area contributed by atoms with Crippen molar-refractivity contribution in [1.29, 1.82) is 0 Å². The van der Waals surface area contributed by atoms with Gasteiger partial charge in [-0.3, -0.25) is 4.79 Å². The van der Waals surface area contributed by atoms with Gasteiger partial charge in [-0.05, 0) is 36.4 Å². The van der Waals surface area contributed by atoms with Gasteiger partial charge >= 0.3 is 0 Å². The Morgan fingerprint density at radius 2 is 2.03 bits per heavy atom. The fourth-order valence-electron chi connectivity index (χ4n) is 4.64. The van der Waals surface area contributed by atoms with Crippen molar-refractivity contribution in [1.82, 2.24) is 19.3 Å². The Morgan fingerprint density at radius 3 is 2.79 bits per heavy atom. The molecule has 1 unspecified atom stereocenters. The number of hydrogen-bond donors (Lipinski definition) is 0. The van der Waals surface area contributed by atoms with Crippen LogP contribution >= 0.6 is 23.2 Å². The number of methoxy groups -OCH3 is 1. The number of benzene rings is 1. The highest BCUT2D eigenvalue weighted by Crippen LogP contribution is 2.37. The molecule has 8 nitrogen and oxygen atoms in total. The number of hydrogen-bond acceptors (Lipinski definition) is 6. The van der Waals surface area contributed by atoms with E-state index < -0.39 is 11.9 Å². The molecule has 198 valence electrons. The van der Waals surface area contributed by atoms with Crippen molar-refractivity contribution in [3.8, 4) is 5.75 Å². The number of ether oxygens (including phenoxy) is 2. The maximum absolute atomic E-state index is 15.2. The molecule has 0 radical (unpaired) electrons. The number of anilines is 1. The summed E-state index contributed by atoms with van der Waals surface area (Å²) in [5.74, 6) is 0.115. The SMILES string of the molecule is COCCN(C)c1ccc(OCC(=O)N2CCc3nc4ccccn4c3C2c2ccc(Cl)cc2F)c(Cl)n1. The fraction of sp³-hybridized carbons (Fsp3) is 0.296. The molecule has 5 rings (SSSR count). The third kappa shape index (κ3) is 5.14. The predicted octanol–water partition coefficient (Wildman–Crippen LogP) is 4.81. The lowest BCUT2D eigenvalue weighted by molar-refractivity contribution is -0.135. The summed E-state index contributed by atoms with van der Waals surface area (Å²) in [4.78, 5) is 26.1. The minimum absolute atomic E-state index is 0.141. The molecule has 4 aromatic rings. The summed E-state index contributed by atoms with van der Waals surface area (Å²) in [6.45, 7) is 1.24. The monoisotopic (exact) mass is 557 g/mol. The van der Waals surface area contributed by atoms with Gasteiger partial charge in [-0.25, -0.2) is 14.4 Å². The van der Waals surface area contributed by atoms with Crippen LogP contribution < -0.4 is 9.64 Å². The summed E-state index contributed by atoms with van der Waals surface area (Å²) in [5, 5.41) is 0.419. The second kappa shape index (κ2) is 11.1. The smallest absolute Gasteiger partial charge is 0.261 e. The Hall–Kier alpha value is -3.40. The van der Waals surface area contributed by atoms with Crippen LogP contribution in [-0.4, -0.2) is 65.6 Å². The zero-order valence-electron chi connectivity index (χ0n) is 20.9. The zero-order chi connectivity index (χ0) is 26.8. The van der Waals surface area contributed by atoms with Gasteiger partial charge in [0.2, 0.25) is 0 Å². The van der Waals surface area contributed by atoms with Crippen molar-refractivity contribution in [3.05, 3.63) is 87.7 Å². The van der Waals surface area contributed by atoms with Crippen LogP contribution in [0.25, 0.3) is 5.65 Å². The quantitative estimate of drug-likeness (QED) is 0.289. The van der Waals surface area contributed by atoms with Gasteiger partial charge < -0.3 is 23.7 Å². The number of rotatable bonds is 8. The molecule has 0 bridgehead atoms. The van der Waals surface area contributed by atoms with Gasteiger partial charge in [-0.1, -0.05) is 35.3 Å². The molecule has 1 aromatic carbocycles. The van der Waals surface area contributed by atoms with Crippen LogP contribution in [-0.2, 0) is 16.0 Å². The van der Waals surface area contributed by atoms with Crippen molar-refractivity contribution < 1.29 is 18.7 Å². The zero-order valence-corrected chi connectivity index (χ0v) is 22.4. The molecule has 11 heteroatoms. The molecule has 0 saturated heterocycles. The van der Waals surface area contributed by atoms with Gasteiger partial charge in [0.05, 0.1) is 18.0 Å². The number of halogens is 3. The molecule has 1 atom stereocenters. The second-order valence-corrected chi connectivity index (χ2v) is 9.73. The largest absolute Gasteiger partial charge is 0.481 e. The molecule has 1 aliphatic heterocycles. The number of carbonyl (C=O) groups is 1. The van der Waals surface area contributed by atoms with Crippen molar-refractivity contribution in [2.45, 2.75) is 12.5 Å². The van der Waals surface area contributed by atoms with Crippen LogP contribution in [0.5, 0.6) is 5.75 Å². The Morgan fingerprint density at radius 1 is 1.18 bits per heavy atom. The number of amides is 1. The number of fused-ring (bicyclic) bond motifs is 3. The molecule has 4 heterocycles. The second-order valence-electron chi connectivity index (χ2n) is 8.94. The summed E-state index contributed by atoms with van der Waals surface area (Å²) in [6, 6.07) is 12.9. The number of carbonyl (C=O) groups excluding carboxylic acids is 1. The minimum atomic E-state index is -0.713. The highest BCUT2D eigenvalue weighted by Gasteiger charge is 2.37. The van der Waals surface area contributed by atoms with Crippen molar-refractivity contribution >= 4 is 40.6 Å². The van der Waals surface area contributed by atoms with Crippen LogP contribution in [0, 0.1) is 5.82 Å². The van der Waals surface area contributed by atoms with Crippen molar-refractivity contribution in [3.63, 3.8) is 0 Å². The van der Waals surface area contributed by atoms with Crippen LogP contribution in [0.3, 0.4) is 0 Å². The molecule has 0 N–H and O–H groups in total. The number of imidazole rings is 1. The van der Waals surface area contributed by atoms with Gasteiger partial charge in [-0.2, -0.15) is 0 Å². The van der Waals surface area contributed by atoms with E-state index in [1.807, 2.05) is 40.7 Å². The summed E-state index contributed by atoms with van der Waals surface area (Å²) in [5.41, 5.74) is 2.62. The average Bonchev–Trinajstić information content (AvgIpc) is 3.29. The molecule has 0 spiro atoms. The highest BCUT2D eigenvalue weighted by molar-refractivity contribution is 6.31. The van der Waals surface area contributed by atoms with Gasteiger partial charge in [0.15, 0.2) is 17.5 Å². The molecule has 1 aliphatic rings. The van der Waals surface area contributed by atoms with Gasteiger partial charge in [0, 0.05) is 50.5 Å². The molecule has 1 amide bonds. The van der Waals surface area contributed by atoms with E-state index in [-0.39, 0.29) is 28.4 Å². The third-order valence-corrected chi connectivity index (χ3v) is 7.06. The van der Waals surface area contributed by atoms with E-state index in [0.717, 1.165) is 17.0 Å². The lowest BCUT2D eigenvalue weighted by Gasteiger charge is -2.36. The van der Waals surface area contributed by atoms with Crippen LogP contribution in [0.1, 0.15) is 23.0 Å². The van der Waals surface area contributed by atoms with Crippen LogP contribution in [0.4, 0.5) is 10.2 Å². The summed E-state index contributed by atoms with van der Waals surface area (Å²) in [7, 11) is 3.51. The predicted molar refractivity (Wildman–Crippen MR) is 144 cm³/mol. The Kier molecular flexibility index (Phi) is 7.69. The first-order valence-corrected chi connectivity index (χ1v) is 12.8. The molecule has 3 aromatic heterocycles. The van der Waals surface area contributed by atoms with Gasteiger partial charge in [0.1, 0.15) is 23.3 Å². The summed E-state index contributed by atoms with van der Waals surface area (Å²) < 4.78 is 28.0. The lowest BCUT2D eigenvalue weighted by Crippen LogP contribution is -2.43. The van der Waals surface area contributed by atoms with E-state index in [2.05, 4.69) is 4.98 Å².